The highest BCUT2D eigenvalue weighted by Gasteiger charge is 2.20. The first kappa shape index (κ1) is 11.9. The minimum Gasteiger partial charge on any atom is -0.392 e. The molecule has 0 heterocycles. The second-order valence-electron chi connectivity index (χ2n) is 4.08. The summed E-state index contributed by atoms with van der Waals surface area (Å²) in [6, 6.07) is 10.1. The maximum absolute atomic E-state index is 10.6. The van der Waals surface area contributed by atoms with E-state index in [0.29, 0.717) is 5.57 Å². The van der Waals surface area contributed by atoms with Crippen molar-refractivity contribution in [1.82, 2.24) is 0 Å². The molecule has 0 aliphatic rings. The summed E-state index contributed by atoms with van der Waals surface area (Å²) in [5.74, 6) is 0. The molecule has 80 valence electrons. The minimum atomic E-state index is -1.74. The Labute approximate surface area is 91.3 Å². The van der Waals surface area contributed by atoms with Crippen LogP contribution in [0.5, 0.6) is 0 Å². The molecule has 0 aliphatic carbocycles. The molecule has 1 aromatic rings. The molecule has 0 unspecified atom stereocenters. The molecular formula is C12H16O2Si. The summed E-state index contributed by atoms with van der Waals surface area (Å²) >= 11 is 0. The average Bonchev–Trinajstić information content (AvgIpc) is 2.27. The van der Waals surface area contributed by atoms with E-state index in [0.717, 1.165) is 6.29 Å². The van der Waals surface area contributed by atoms with Gasteiger partial charge in [0.2, 0.25) is 0 Å². The van der Waals surface area contributed by atoms with Crippen LogP contribution in [0.2, 0.25) is 13.1 Å². The first-order valence-electron chi connectivity index (χ1n) is 4.93. The number of benzene rings is 1. The van der Waals surface area contributed by atoms with Crippen LogP contribution in [0.4, 0.5) is 0 Å². The van der Waals surface area contributed by atoms with Crippen LogP contribution < -0.4 is 5.19 Å². The van der Waals surface area contributed by atoms with Gasteiger partial charge in [-0.3, -0.25) is 4.79 Å². The van der Waals surface area contributed by atoms with Gasteiger partial charge in [-0.15, -0.1) is 0 Å². The largest absolute Gasteiger partial charge is 0.392 e. The fourth-order valence-electron chi connectivity index (χ4n) is 1.53. The second kappa shape index (κ2) is 5.05. The molecule has 0 fully saturated rings. The Hall–Kier alpha value is -1.19. The van der Waals surface area contributed by atoms with Crippen molar-refractivity contribution < 1.29 is 9.90 Å². The first-order chi connectivity index (χ1) is 7.10. The van der Waals surface area contributed by atoms with Gasteiger partial charge in [0, 0.05) is 5.57 Å². The summed E-state index contributed by atoms with van der Waals surface area (Å²) in [4.78, 5) is 10.6. The van der Waals surface area contributed by atoms with E-state index in [2.05, 4.69) is 25.2 Å². The zero-order valence-electron chi connectivity index (χ0n) is 9.10. The molecule has 1 N–H and O–H groups in total. The highest BCUT2D eigenvalue weighted by Crippen LogP contribution is 2.07. The fourth-order valence-corrected chi connectivity index (χ4v) is 3.84. The molecule has 3 heteroatoms. The van der Waals surface area contributed by atoms with Gasteiger partial charge < -0.3 is 5.11 Å². The molecule has 0 bridgehead atoms. The Morgan fingerprint density at radius 1 is 1.33 bits per heavy atom. The molecular weight excluding hydrogens is 204 g/mol. The number of aliphatic hydroxyl groups excluding tert-OH is 1. The Morgan fingerprint density at radius 3 is 2.40 bits per heavy atom. The average molecular weight is 220 g/mol. The summed E-state index contributed by atoms with van der Waals surface area (Å²) < 4.78 is 0. The molecule has 15 heavy (non-hydrogen) atoms. The smallest absolute Gasteiger partial charge is 0.147 e. The lowest BCUT2D eigenvalue weighted by Crippen LogP contribution is -2.40. The third-order valence-electron chi connectivity index (χ3n) is 2.40. The summed E-state index contributed by atoms with van der Waals surface area (Å²) in [5.41, 5.74) is 2.42. The number of aliphatic hydroxyl groups is 1. The van der Waals surface area contributed by atoms with Crippen LogP contribution >= 0.6 is 0 Å². The van der Waals surface area contributed by atoms with Crippen LogP contribution in [-0.2, 0) is 4.79 Å². The molecule has 0 aliphatic heterocycles. The Morgan fingerprint density at radius 2 is 1.93 bits per heavy atom. The van der Waals surface area contributed by atoms with Crippen LogP contribution in [0.1, 0.15) is 0 Å². The van der Waals surface area contributed by atoms with Gasteiger partial charge in [0.05, 0.1) is 6.61 Å². The predicted octanol–water partition coefficient (Wildman–Crippen LogP) is 1.26. The second-order valence-corrected chi connectivity index (χ2v) is 8.39. The van der Waals surface area contributed by atoms with Crippen molar-refractivity contribution in [3.05, 3.63) is 41.6 Å². The van der Waals surface area contributed by atoms with Crippen LogP contribution in [-0.4, -0.2) is 26.1 Å². The summed E-state index contributed by atoms with van der Waals surface area (Å²) in [5, 5.41) is 10.2. The molecule has 0 aromatic heterocycles. The standard InChI is InChI=1S/C12H16O2Si/c1-15(2,10-11(8-13)9-14)12-6-4-3-5-7-12/h3-8,10,14H,9H2,1-2H3/b11-10-. The van der Waals surface area contributed by atoms with Crippen molar-refractivity contribution in [2.24, 2.45) is 0 Å². The van der Waals surface area contributed by atoms with Gasteiger partial charge in [-0.2, -0.15) is 0 Å². The monoisotopic (exact) mass is 220 g/mol. The van der Waals surface area contributed by atoms with Gasteiger partial charge in [-0.05, 0) is 0 Å². The van der Waals surface area contributed by atoms with E-state index < -0.39 is 8.07 Å². The van der Waals surface area contributed by atoms with Gasteiger partial charge in [0.25, 0.3) is 0 Å². The SMILES string of the molecule is C[Si](C)(/C=C(/C=O)CO)c1ccccc1. The summed E-state index contributed by atoms with van der Waals surface area (Å²) in [7, 11) is -1.74. The third-order valence-corrected chi connectivity index (χ3v) is 5.31. The van der Waals surface area contributed by atoms with Crippen molar-refractivity contribution in [3.63, 3.8) is 0 Å². The minimum absolute atomic E-state index is 0.174. The van der Waals surface area contributed by atoms with E-state index >= 15 is 0 Å². The lowest BCUT2D eigenvalue weighted by atomic mass is 10.4. The van der Waals surface area contributed by atoms with E-state index in [1.165, 1.54) is 5.19 Å². The molecule has 1 rings (SSSR count). The number of carbonyl (C=O) groups is 1. The lowest BCUT2D eigenvalue weighted by Gasteiger charge is -2.19. The highest BCUT2D eigenvalue weighted by molar-refractivity contribution is 6.94. The Kier molecular flexibility index (Phi) is 4.00. The van der Waals surface area contributed by atoms with Crippen LogP contribution in [0.15, 0.2) is 41.6 Å². The van der Waals surface area contributed by atoms with Gasteiger partial charge in [-0.25, -0.2) is 0 Å². The lowest BCUT2D eigenvalue weighted by molar-refractivity contribution is -0.105. The van der Waals surface area contributed by atoms with E-state index in [9.17, 15) is 4.79 Å². The van der Waals surface area contributed by atoms with E-state index in [1.54, 1.807) is 0 Å². The van der Waals surface area contributed by atoms with E-state index in [1.807, 2.05) is 23.9 Å². The molecule has 1 aromatic carbocycles. The van der Waals surface area contributed by atoms with Crippen LogP contribution in [0.25, 0.3) is 0 Å². The zero-order valence-corrected chi connectivity index (χ0v) is 10.1. The van der Waals surface area contributed by atoms with Crippen molar-refractivity contribution in [2.45, 2.75) is 13.1 Å². The number of aldehydes is 1. The van der Waals surface area contributed by atoms with Crippen molar-refractivity contribution in [3.8, 4) is 0 Å². The van der Waals surface area contributed by atoms with Gasteiger partial charge in [0.15, 0.2) is 0 Å². The summed E-state index contributed by atoms with van der Waals surface area (Å²) in [6.07, 6.45) is 0.734. The molecule has 0 amide bonds. The Bertz CT molecular complexity index is 355. The molecule has 0 spiro atoms. The van der Waals surface area contributed by atoms with Crippen LogP contribution in [0.3, 0.4) is 0 Å². The number of hydrogen-bond donors (Lipinski definition) is 1. The molecule has 0 saturated carbocycles. The van der Waals surface area contributed by atoms with Crippen molar-refractivity contribution in [2.75, 3.05) is 6.61 Å². The van der Waals surface area contributed by atoms with Crippen LogP contribution in [0, 0.1) is 0 Å². The van der Waals surface area contributed by atoms with Gasteiger partial charge in [0.1, 0.15) is 14.4 Å². The molecule has 0 radical (unpaired) electrons. The maximum Gasteiger partial charge on any atom is 0.147 e. The molecule has 2 nitrogen and oxygen atoms in total. The number of hydrogen-bond acceptors (Lipinski definition) is 2. The fraction of sp³-hybridized carbons (Fsp3) is 0.250. The number of rotatable bonds is 4. The number of carbonyl (C=O) groups excluding carboxylic acids is 1. The van der Waals surface area contributed by atoms with Gasteiger partial charge in [-0.1, -0.05) is 54.3 Å². The Balaban J connectivity index is 3.02. The topological polar surface area (TPSA) is 37.3 Å². The van der Waals surface area contributed by atoms with Crippen molar-refractivity contribution in [1.29, 1.82) is 0 Å². The first-order valence-corrected chi connectivity index (χ1v) is 8.01. The third kappa shape index (κ3) is 3.15. The predicted molar refractivity (Wildman–Crippen MR) is 64.8 cm³/mol. The highest BCUT2D eigenvalue weighted by atomic mass is 28.3. The van der Waals surface area contributed by atoms with E-state index in [4.69, 9.17) is 5.11 Å². The quantitative estimate of drug-likeness (QED) is 0.471. The van der Waals surface area contributed by atoms with Crippen molar-refractivity contribution >= 4 is 19.5 Å². The molecule has 0 atom stereocenters. The normalized spacial score (nSPS) is 12.6. The zero-order chi connectivity index (χ0) is 11.3. The maximum atomic E-state index is 10.6. The van der Waals surface area contributed by atoms with E-state index in [-0.39, 0.29) is 6.61 Å². The molecule has 0 saturated heterocycles. The summed E-state index contributed by atoms with van der Waals surface area (Å²) in [6.45, 7) is 4.13. The van der Waals surface area contributed by atoms with Gasteiger partial charge >= 0.3 is 0 Å².